The molecule has 1 aromatic rings. The van der Waals surface area contributed by atoms with Gasteiger partial charge in [-0.05, 0) is 0 Å². The summed E-state index contributed by atoms with van der Waals surface area (Å²) in [5, 5.41) is 10.7. The van der Waals surface area contributed by atoms with Crippen molar-refractivity contribution in [2.45, 2.75) is 6.17 Å². The Hall–Kier alpha value is -1.91. The van der Waals surface area contributed by atoms with Gasteiger partial charge in [0.25, 0.3) is 0 Å². The Morgan fingerprint density at radius 3 is 2.43 bits per heavy atom. The monoisotopic (exact) mass is 194 g/mol. The minimum atomic E-state index is -1.10. The Morgan fingerprint density at radius 1 is 1.43 bits per heavy atom. The van der Waals surface area contributed by atoms with E-state index < -0.39 is 11.1 Å². The molecule has 0 saturated heterocycles. The van der Waals surface area contributed by atoms with Crippen LogP contribution in [0.3, 0.4) is 0 Å². The summed E-state index contributed by atoms with van der Waals surface area (Å²) < 4.78 is 0. The van der Waals surface area contributed by atoms with Crippen LogP contribution in [-0.2, 0) is 4.79 Å². The van der Waals surface area contributed by atoms with Gasteiger partial charge in [0.1, 0.15) is 0 Å². The van der Waals surface area contributed by atoms with Gasteiger partial charge in [0.15, 0.2) is 0 Å². The molecule has 0 saturated carbocycles. The highest BCUT2D eigenvalue weighted by molar-refractivity contribution is 5.47. The lowest BCUT2D eigenvalue weighted by molar-refractivity contribution is -0.551. The third-order valence-electron chi connectivity index (χ3n) is 1.85. The van der Waals surface area contributed by atoms with Crippen LogP contribution in [0, 0.1) is 10.1 Å². The molecule has 0 bridgehead atoms. The van der Waals surface area contributed by atoms with Crippen LogP contribution in [0.2, 0.25) is 0 Å². The zero-order valence-electron chi connectivity index (χ0n) is 7.66. The Morgan fingerprint density at radius 2 is 2.00 bits per heavy atom. The fourth-order valence-electron chi connectivity index (χ4n) is 1.19. The summed E-state index contributed by atoms with van der Waals surface area (Å²) in [4.78, 5) is 21.7. The number of nitrogens with zero attached hydrogens (tertiary/aromatic N) is 2. The van der Waals surface area contributed by atoms with E-state index in [0.29, 0.717) is 12.0 Å². The largest absolute Gasteiger partial charge is 0.314 e. The highest BCUT2D eigenvalue weighted by Gasteiger charge is 2.26. The van der Waals surface area contributed by atoms with Crippen LogP contribution in [0.1, 0.15) is 11.7 Å². The number of hydrogen-bond acceptors (Lipinski definition) is 3. The third-order valence-corrected chi connectivity index (χ3v) is 1.85. The molecule has 0 aliphatic heterocycles. The number of rotatable bonds is 4. The molecule has 0 aromatic heterocycles. The highest BCUT2D eigenvalue weighted by atomic mass is 16.6. The molecule has 0 radical (unpaired) electrons. The van der Waals surface area contributed by atoms with Crippen LogP contribution in [0.15, 0.2) is 30.3 Å². The Bertz CT molecular complexity index is 326. The number of amides is 1. The van der Waals surface area contributed by atoms with Gasteiger partial charge >= 0.3 is 6.17 Å². The van der Waals surface area contributed by atoms with E-state index in [1.54, 1.807) is 30.3 Å². The minimum Gasteiger partial charge on any atom is -0.282 e. The zero-order valence-corrected chi connectivity index (χ0v) is 7.66. The summed E-state index contributed by atoms with van der Waals surface area (Å²) in [5.74, 6) is 0. The van der Waals surface area contributed by atoms with Gasteiger partial charge in [0, 0.05) is 12.6 Å². The molecular weight excluding hydrogens is 184 g/mol. The second-order valence-electron chi connectivity index (χ2n) is 2.84. The third kappa shape index (κ3) is 2.07. The topological polar surface area (TPSA) is 63.5 Å². The summed E-state index contributed by atoms with van der Waals surface area (Å²) in [6, 6.07) is 8.40. The average Bonchev–Trinajstić information content (AvgIpc) is 2.19. The smallest absolute Gasteiger partial charge is 0.282 e. The van der Waals surface area contributed by atoms with Gasteiger partial charge in [-0.25, -0.2) is 0 Å². The fourth-order valence-corrected chi connectivity index (χ4v) is 1.19. The normalized spacial score (nSPS) is 11.8. The van der Waals surface area contributed by atoms with Crippen LogP contribution in [-0.4, -0.2) is 23.3 Å². The molecule has 0 N–H and O–H groups in total. The lowest BCUT2D eigenvalue weighted by atomic mass is 10.2. The predicted octanol–water partition coefficient (Wildman–Crippen LogP) is 1.05. The first kappa shape index (κ1) is 10.2. The lowest BCUT2D eigenvalue weighted by Gasteiger charge is -2.16. The predicted molar refractivity (Wildman–Crippen MR) is 50.0 cm³/mol. The van der Waals surface area contributed by atoms with E-state index in [2.05, 4.69) is 0 Å². The molecule has 1 rings (SSSR count). The molecule has 1 atom stereocenters. The first-order chi connectivity index (χ1) is 6.66. The molecule has 0 heterocycles. The van der Waals surface area contributed by atoms with Gasteiger partial charge in [-0.2, -0.15) is 0 Å². The van der Waals surface area contributed by atoms with Gasteiger partial charge in [-0.3, -0.25) is 19.8 Å². The first-order valence-corrected chi connectivity index (χ1v) is 4.02. The molecule has 5 nitrogen and oxygen atoms in total. The van der Waals surface area contributed by atoms with Gasteiger partial charge < -0.3 is 0 Å². The Labute approximate surface area is 81.1 Å². The van der Waals surface area contributed by atoms with Crippen LogP contribution in [0.4, 0.5) is 0 Å². The number of carbonyl (C=O) groups is 1. The summed E-state index contributed by atoms with van der Waals surface area (Å²) in [6.07, 6.45) is -0.658. The molecular formula is C9H10N2O3. The average molecular weight is 194 g/mol. The van der Waals surface area contributed by atoms with Gasteiger partial charge in [-0.1, -0.05) is 30.3 Å². The van der Waals surface area contributed by atoms with Crippen molar-refractivity contribution in [2.75, 3.05) is 7.05 Å². The summed E-state index contributed by atoms with van der Waals surface area (Å²) in [7, 11) is 1.38. The van der Waals surface area contributed by atoms with Crippen molar-refractivity contribution < 1.29 is 9.72 Å². The fraction of sp³-hybridized carbons (Fsp3) is 0.222. The van der Waals surface area contributed by atoms with Crippen molar-refractivity contribution in [3.63, 3.8) is 0 Å². The van der Waals surface area contributed by atoms with Gasteiger partial charge in [0.05, 0.1) is 4.92 Å². The second kappa shape index (κ2) is 4.36. The number of hydrogen-bond donors (Lipinski definition) is 0. The molecule has 1 aromatic carbocycles. The quantitative estimate of drug-likeness (QED) is 0.311. The molecule has 0 spiro atoms. The SMILES string of the molecule is CN(C=O)C(c1ccccc1)[N+](=O)[O-]. The standard InChI is InChI=1S/C9H10N2O3/c1-10(7-12)9(11(13)14)8-5-3-2-4-6-8/h2-7,9H,1H3. The summed E-state index contributed by atoms with van der Waals surface area (Å²) in [5.41, 5.74) is 0.493. The number of carbonyl (C=O) groups excluding carboxylic acids is 1. The van der Waals surface area contributed by atoms with E-state index in [1.165, 1.54) is 7.05 Å². The van der Waals surface area contributed by atoms with Crippen LogP contribution in [0.5, 0.6) is 0 Å². The maximum Gasteiger partial charge on any atom is 0.314 e. The zero-order chi connectivity index (χ0) is 10.6. The summed E-state index contributed by atoms with van der Waals surface area (Å²) >= 11 is 0. The Balaban J connectivity index is 3.00. The van der Waals surface area contributed by atoms with E-state index in [1.807, 2.05) is 0 Å². The maximum absolute atomic E-state index is 10.7. The molecule has 74 valence electrons. The number of benzene rings is 1. The second-order valence-corrected chi connectivity index (χ2v) is 2.84. The molecule has 0 aliphatic rings. The van der Waals surface area contributed by atoms with E-state index in [0.717, 1.165) is 4.90 Å². The van der Waals surface area contributed by atoms with Gasteiger partial charge in [0.2, 0.25) is 6.41 Å². The van der Waals surface area contributed by atoms with Crippen molar-refractivity contribution in [1.29, 1.82) is 0 Å². The molecule has 14 heavy (non-hydrogen) atoms. The van der Waals surface area contributed by atoms with Crippen LogP contribution < -0.4 is 0 Å². The van der Waals surface area contributed by atoms with E-state index in [-0.39, 0.29) is 0 Å². The molecule has 1 amide bonds. The molecule has 0 aliphatic carbocycles. The van der Waals surface area contributed by atoms with Crippen molar-refractivity contribution >= 4 is 6.41 Å². The minimum absolute atomic E-state index is 0.445. The van der Waals surface area contributed by atoms with Crippen molar-refractivity contribution in [3.05, 3.63) is 46.0 Å². The Kier molecular flexibility index (Phi) is 3.17. The van der Waals surface area contributed by atoms with E-state index in [4.69, 9.17) is 0 Å². The first-order valence-electron chi connectivity index (χ1n) is 4.02. The van der Waals surface area contributed by atoms with Crippen LogP contribution >= 0.6 is 0 Å². The summed E-state index contributed by atoms with van der Waals surface area (Å²) in [6.45, 7) is 0. The van der Waals surface area contributed by atoms with Crippen molar-refractivity contribution in [2.24, 2.45) is 0 Å². The lowest BCUT2D eigenvalue weighted by Crippen LogP contribution is -2.29. The number of nitro groups is 1. The van der Waals surface area contributed by atoms with E-state index in [9.17, 15) is 14.9 Å². The van der Waals surface area contributed by atoms with Gasteiger partial charge in [-0.15, -0.1) is 0 Å². The van der Waals surface area contributed by atoms with Crippen LogP contribution in [0.25, 0.3) is 0 Å². The maximum atomic E-state index is 10.7. The van der Waals surface area contributed by atoms with Crippen molar-refractivity contribution in [3.8, 4) is 0 Å². The highest BCUT2D eigenvalue weighted by Crippen LogP contribution is 2.17. The molecule has 1 unspecified atom stereocenters. The van der Waals surface area contributed by atoms with E-state index >= 15 is 0 Å². The van der Waals surface area contributed by atoms with Crippen molar-refractivity contribution in [1.82, 2.24) is 4.90 Å². The molecule has 0 fully saturated rings. The molecule has 5 heteroatoms.